The van der Waals surface area contributed by atoms with Gasteiger partial charge in [-0.3, -0.25) is 0 Å². The highest BCUT2D eigenvalue weighted by atomic mass is 14.2. The molecule has 0 heteroatoms. The molecule has 0 saturated heterocycles. The van der Waals surface area contributed by atoms with Gasteiger partial charge in [0.05, 0.1) is 0 Å². The minimum Gasteiger partial charge on any atom is -0.0952 e. The van der Waals surface area contributed by atoms with Gasteiger partial charge in [-0.1, -0.05) is 61.2 Å². The number of hydrogen-bond acceptors (Lipinski definition) is 0. The average molecular weight is 333 g/mol. The van der Waals surface area contributed by atoms with Gasteiger partial charge in [-0.05, 0) is 92.7 Å². The average Bonchev–Trinajstić information content (AvgIpc) is 2.63. The quantitative estimate of drug-likeness (QED) is 0.513. The fourth-order valence-electron chi connectivity index (χ4n) is 3.35. The Hall–Kier alpha value is -2.08. The van der Waals surface area contributed by atoms with Crippen LogP contribution in [-0.2, 0) is 6.42 Å². The molecule has 1 unspecified atom stereocenters. The number of allylic oxidation sites excluding steroid dienone is 8. The molecule has 0 amide bonds. The molecule has 0 heterocycles. The molecule has 0 bridgehead atoms. The zero-order valence-corrected chi connectivity index (χ0v) is 16.4. The van der Waals surface area contributed by atoms with Gasteiger partial charge in [0.2, 0.25) is 0 Å². The van der Waals surface area contributed by atoms with Crippen LogP contribution in [0.4, 0.5) is 0 Å². The molecule has 1 aromatic carbocycles. The second kappa shape index (κ2) is 8.85. The van der Waals surface area contributed by atoms with Gasteiger partial charge in [0.25, 0.3) is 0 Å². The van der Waals surface area contributed by atoms with Gasteiger partial charge in [0.15, 0.2) is 0 Å². The Balaban J connectivity index is 2.23. The van der Waals surface area contributed by atoms with Crippen LogP contribution in [0.3, 0.4) is 0 Å². The largest absolute Gasteiger partial charge is 0.0952 e. The molecule has 0 aromatic heterocycles. The standard InChI is InChI=1S/C25H32/c1-7-18(2)14-25-20(4)10-8-9-11-23(16-22(25)6)17-24-13-12-19(3)21(5)15-24/h7-9,12-15,23H,4,6,10-11,16-17H2,1-3,5H3. The zero-order valence-electron chi connectivity index (χ0n) is 16.4. The molecule has 0 radical (unpaired) electrons. The van der Waals surface area contributed by atoms with Gasteiger partial charge >= 0.3 is 0 Å². The fourth-order valence-corrected chi connectivity index (χ4v) is 3.35. The lowest BCUT2D eigenvalue weighted by atomic mass is 9.86. The van der Waals surface area contributed by atoms with Gasteiger partial charge in [0.1, 0.15) is 0 Å². The van der Waals surface area contributed by atoms with Gasteiger partial charge < -0.3 is 0 Å². The van der Waals surface area contributed by atoms with E-state index >= 15 is 0 Å². The van der Waals surface area contributed by atoms with Crippen molar-refractivity contribution in [3.63, 3.8) is 0 Å². The zero-order chi connectivity index (χ0) is 18.4. The van der Waals surface area contributed by atoms with E-state index in [9.17, 15) is 0 Å². The van der Waals surface area contributed by atoms with Crippen molar-refractivity contribution in [1.82, 2.24) is 0 Å². The van der Waals surface area contributed by atoms with Gasteiger partial charge in [0, 0.05) is 0 Å². The molecule has 1 aliphatic rings. The highest BCUT2D eigenvalue weighted by Crippen LogP contribution is 2.31. The van der Waals surface area contributed by atoms with E-state index in [4.69, 9.17) is 0 Å². The molecule has 0 fully saturated rings. The molecule has 0 saturated carbocycles. The fraction of sp³-hybridized carbons (Fsp3) is 0.360. The summed E-state index contributed by atoms with van der Waals surface area (Å²) in [6.45, 7) is 17.3. The maximum absolute atomic E-state index is 4.42. The van der Waals surface area contributed by atoms with Crippen molar-refractivity contribution in [3.8, 4) is 0 Å². The molecular formula is C25H32. The normalized spacial score (nSPS) is 21.2. The van der Waals surface area contributed by atoms with Crippen LogP contribution in [0, 0.1) is 19.8 Å². The molecule has 1 aliphatic carbocycles. The highest BCUT2D eigenvalue weighted by molar-refractivity contribution is 5.49. The van der Waals surface area contributed by atoms with Crippen molar-refractivity contribution >= 4 is 0 Å². The van der Waals surface area contributed by atoms with Crippen LogP contribution in [0.25, 0.3) is 0 Å². The summed E-state index contributed by atoms with van der Waals surface area (Å²) in [5.41, 5.74) is 9.09. The third kappa shape index (κ3) is 5.46. The molecule has 2 rings (SSSR count). The van der Waals surface area contributed by atoms with E-state index in [2.05, 4.69) is 83.4 Å². The van der Waals surface area contributed by atoms with Crippen LogP contribution < -0.4 is 0 Å². The minimum atomic E-state index is 0.589. The van der Waals surface area contributed by atoms with E-state index in [1.807, 2.05) is 0 Å². The smallest absolute Gasteiger partial charge is 0.00973 e. The molecule has 1 aromatic rings. The highest BCUT2D eigenvalue weighted by Gasteiger charge is 2.16. The van der Waals surface area contributed by atoms with E-state index in [-0.39, 0.29) is 0 Å². The lowest BCUT2D eigenvalue weighted by molar-refractivity contribution is 0.530. The maximum Gasteiger partial charge on any atom is -0.00973 e. The molecule has 1 atom stereocenters. The van der Waals surface area contributed by atoms with Gasteiger partial charge in [-0.2, -0.15) is 0 Å². The first-order valence-corrected chi connectivity index (χ1v) is 9.32. The van der Waals surface area contributed by atoms with Crippen molar-refractivity contribution in [1.29, 1.82) is 0 Å². The van der Waals surface area contributed by atoms with Crippen LogP contribution in [0.15, 0.2) is 78.0 Å². The summed E-state index contributed by atoms with van der Waals surface area (Å²) in [6.07, 6.45) is 13.1. The summed E-state index contributed by atoms with van der Waals surface area (Å²) in [6, 6.07) is 6.86. The van der Waals surface area contributed by atoms with Crippen LogP contribution in [-0.4, -0.2) is 0 Å². The number of aryl methyl sites for hydroxylation is 2. The third-order valence-corrected chi connectivity index (χ3v) is 5.22. The van der Waals surface area contributed by atoms with Gasteiger partial charge in [-0.25, -0.2) is 0 Å². The van der Waals surface area contributed by atoms with E-state index < -0.39 is 0 Å². The molecule has 132 valence electrons. The van der Waals surface area contributed by atoms with Crippen LogP contribution in [0.5, 0.6) is 0 Å². The Morgan fingerprint density at radius 3 is 2.56 bits per heavy atom. The molecular weight excluding hydrogens is 300 g/mol. The maximum atomic E-state index is 4.42. The molecule has 0 nitrogen and oxygen atoms in total. The van der Waals surface area contributed by atoms with Gasteiger partial charge in [-0.15, -0.1) is 0 Å². The lowest BCUT2D eigenvalue weighted by Gasteiger charge is -2.19. The van der Waals surface area contributed by atoms with Crippen molar-refractivity contribution in [3.05, 3.63) is 94.6 Å². The lowest BCUT2D eigenvalue weighted by Crippen LogP contribution is -2.06. The Morgan fingerprint density at radius 2 is 1.88 bits per heavy atom. The van der Waals surface area contributed by atoms with E-state index in [1.165, 1.54) is 39.0 Å². The second-order valence-corrected chi connectivity index (χ2v) is 7.40. The Kier molecular flexibility index (Phi) is 6.82. The van der Waals surface area contributed by atoms with E-state index in [0.29, 0.717) is 5.92 Å². The summed E-state index contributed by atoms with van der Waals surface area (Å²) >= 11 is 0. The second-order valence-electron chi connectivity index (χ2n) is 7.40. The van der Waals surface area contributed by atoms with Crippen LogP contribution in [0.2, 0.25) is 0 Å². The van der Waals surface area contributed by atoms with Crippen molar-refractivity contribution in [2.45, 2.75) is 53.4 Å². The first-order chi connectivity index (χ1) is 11.9. The third-order valence-electron chi connectivity index (χ3n) is 5.22. The predicted molar refractivity (Wildman–Crippen MR) is 112 cm³/mol. The number of rotatable bonds is 3. The van der Waals surface area contributed by atoms with Crippen LogP contribution in [0.1, 0.15) is 49.8 Å². The Bertz CT molecular complexity index is 737. The number of hydrogen-bond donors (Lipinski definition) is 0. The van der Waals surface area contributed by atoms with E-state index in [1.54, 1.807) is 0 Å². The van der Waals surface area contributed by atoms with Crippen LogP contribution >= 0.6 is 0 Å². The first-order valence-electron chi connectivity index (χ1n) is 9.32. The van der Waals surface area contributed by atoms with Crippen molar-refractivity contribution in [2.75, 3.05) is 0 Å². The summed E-state index contributed by atoms with van der Waals surface area (Å²) < 4.78 is 0. The first kappa shape index (κ1) is 19.2. The van der Waals surface area contributed by atoms with E-state index in [0.717, 1.165) is 25.7 Å². The Morgan fingerprint density at radius 1 is 1.12 bits per heavy atom. The number of benzene rings is 1. The van der Waals surface area contributed by atoms with Crippen molar-refractivity contribution < 1.29 is 0 Å². The molecule has 0 N–H and O–H groups in total. The molecule has 0 spiro atoms. The van der Waals surface area contributed by atoms with Crippen molar-refractivity contribution in [2.24, 2.45) is 5.92 Å². The minimum absolute atomic E-state index is 0.589. The monoisotopic (exact) mass is 332 g/mol. The summed E-state index contributed by atoms with van der Waals surface area (Å²) in [5, 5.41) is 0. The summed E-state index contributed by atoms with van der Waals surface area (Å²) in [5.74, 6) is 0.589. The Labute approximate surface area is 154 Å². The topological polar surface area (TPSA) is 0 Å². The molecule has 25 heavy (non-hydrogen) atoms. The summed E-state index contributed by atoms with van der Waals surface area (Å²) in [4.78, 5) is 0. The summed E-state index contributed by atoms with van der Waals surface area (Å²) in [7, 11) is 0. The molecule has 0 aliphatic heterocycles. The SMILES string of the molecule is C=C1CC=CCC(Cc2ccc(C)c(C)c2)CC(=C)C1=CC(C)=CC. The predicted octanol–water partition coefficient (Wildman–Crippen LogP) is 7.21.